The van der Waals surface area contributed by atoms with Crippen LogP contribution >= 0.6 is 0 Å². The Labute approximate surface area is 211 Å². The van der Waals surface area contributed by atoms with Crippen molar-refractivity contribution in [2.45, 2.75) is 168 Å². The molecule has 4 heteroatoms. The standard InChI is InChI=1S/C30H56O4/c1-3-5-7-9-11-13-15-17-19-21-23-25-27-29(31)34-28(30(32)33)26-24-22-20-18-16-14-12-10-8-6-4-2/h9,11,28H,3-8,10,12-27H2,1-2H3,(H,32,33)/b11-9-. The first-order valence-electron chi connectivity index (χ1n) is 14.7. The molecule has 0 fully saturated rings. The second-order valence-corrected chi connectivity index (χ2v) is 9.91. The van der Waals surface area contributed by atoms with Crippen molar-refractivity contribution in [2.75, 3.05) is 0 Å². The molecule has 0 spiro atoms. The van der Waals surface area contributed by atoms with Gasteiger partial charge in [-0.15, -0.1) is 0 Å². The second kappa shape index (κ2) is 26.3. The van der Waals surface area contributed by atoms with Crippen molar-refractivity contribution in [2.24, 2.45) is 0 Å². The van der Waals surface area contributed by atoms with E-state index in [0.717, 1.165) is 38.5 Å². The molecule has 0 aromatic carbocycles. The molecular formula is C30H56O4. The van der Waals surface area contributed by atoms with Crippen LogP contribution in [-0.4, -0.2) is 23.1 Å². The Balaban J connectivity index is 3.62. The Morgan fingerprint density at radius 2 is 1.06 bits per heavy atom. The Morgan fingerprint density at radius 3 is 1.59 bits per heavy atom. The van der Waals surface area contributed by atoms with E-state index in [2.05, 4.69) is 26.0 Å². The third kappa shape index (κ3) is 23.8. The van der Waals surface area contributed by atoms with Crippen molar-refractivity contribution in [1.29, 1.82) is 0 Å². The Kier molecular flexibility index (Phi) is 25.3. The minimum Gasteiger partial charge on any atom is -0.479 e. The number of hydrogen-bond acceptors (Lipinski definition) is 3. The van der Waals surface area contributed by atoms with E-state index in [4.69, 9.17) is 4.74 Å². The van der Waals surface area contributed by atoms with E-state index in [-0.39, 0.29) is 5.97 Å². The summed E-state index contributed by atoms with van der Waals surface area (Å²) >= 11 is 0. The summed E-state index contributed by atoms with van der Waals surface area (Å²) in [5, 5.41) is 9.37. The fourth-order valence-corrected chi connectivity index (χ4v) is 4.24. The highest BCUT2D eigenvalue weighted by Gasteiger charge is 2.21. The molecular weight excluding hydrogens is 424 g/mol. The average Bonchev–Trinajstić information content (AvgIpc) is 2.82. The molecule has 0 bridgehead atoms. The summed E-state index contributed by atoms with van der Waals surface area (Å²) in [5.41, 5.74) is 0. The molecule has 0 aliphatic heterocycles. The van der Waals surface area contributed by atoms with Crippen LogP contribution in [0.4, 0.5) is 0 Å². The van der Waals surface area contributed by atoms with Gasteiger partial charge in [-0.05, 0) is 38.5 Å². The maximum Gasteiger partial charge on any atom is 0.345 e. The minimum absolute atomic E-state index is 0.336. The number of carbonyl (C=O) groups is 2. The summed E-state index contributed by atoms with van der Waals surface area (Å²) in [7, 11) is 0. The van der Waals surface area contributed by atoms with Gasteiger partial charge in [0, 0.05) is 6.42 Å². The van der Waals surface area contributed by atoms with Crippen LogP contribution in [0, 0.1) is 0 Å². The van der Waals surface area contributed by atoms with Gasteiger partial charge in [0.05, 0.1) is 0 Å². The number of esters is 1. The lowest BCUT2D eigenvalue weighted by molar-refractivity contribution is -0.164. The van der Waals surface area contributed by atoms with Crippen LogP contribution in [0.3, 0.4) is 0 Å². The zero-order valence-corrected chi connectivity index (χ0v) is 22.7. The number of rotatable bonds is 26. The molecule has 0 heterocycles. The Morgan fingerprint density at radius 1 is 0.618 bits per heavy atom. The van der Waals surface area contributed by atoms with Crippen LogP contribution in [0.1, 0.15) is 162 Å². The Hall–Kier alpha value is -1.32. The average molecular weight is 481 g/mol. The van der Waals surface area contributed by atoms with E-state index >= 15 is 0 Å². The highest BCUT2D eigenvalue weighted by molar-refractivity contribution is 5.77. The summed E-state index contributed by atoms with van der Waals surface area (Å²) in [6.07, 6.45) is 29.4. The molecule has 0 saturated heterocycles. The van der Waals surface area contributed by atoms with Crippen molar-refractivity contribution in [3.63, 3.8) is 0 Å². The number of hydrogen-bond donors (Lipinski definition) is 1. The first-order valence-corrected chi connectivity index (χ1v) is 14.7. The molecule has 0 rings (SSSR count). The molecule has 0 aliphatic rings. The monoisotopic (exact) mass is 480 g/mol. The fourth-order valence-electron chi connectivity index (χ4n) is 4.24. The molecule has 1 unspecified atom stereocenters. The van der Waals surface area contributed by atoms with Crippen molar-refractivity contribution >= 4 is 11.9 Å². The molecule has 34 heavy (non-hydrogen) atoms. The third-order valence-electron chi connectivity index (χ3n) is 6.51. The van der Waals surface area contributed by atoms with Gasteiger partial charge < -0.3 is 9.84 Å². The predicted octanol–water partition coefficient (Wildman–Crippen LogP) is 9.55. The molecule has 1 N–H and O–H groups in total. The second-order valence-electron chi connectivity index (χ2n) is 9.91. The summed E-state index contributed by atoms with van der Waals surface area (Å²) < 4.78 is 5.26. The van der Waals surface area contributed by atoms with E-state index in [1.54, 1.807) is 0 Å². The summed E-state index contributed by atoms with van der Waals surface area (Å²) in [4.78, 5) is 23.5. The highest BCUT2D eigenvalue weighted by Crippen LogP contribution is 2.15. The molecule has 1 atom stereocenters. The summed E-state index contributed by atoms with van der Waals surface area (Å²) in [5.74, 6) is -1.36. The normalized spacial score (nSPS) is 12.3. The van der Waals surface area contributed by atoms with Crippen LogP contribution < -0.4 is 0 Å². The van der Waals surface area contributed by atoms with E-state index in [9.17, 15) is 14.7 Å². The first-order chi connectivity index (χ1) is 16.6. The van der Waals surface area contributed by atoms with Crippen molar-refractivity contribution < 1.29 is 19.4 Å². The van der Waals surface area contributed by atoms with Crippen molar-refractivity contribution in [3.05, 3.63) is 12.2 Å². The van der Waals surface area contributed by atoms with E-state index in [1.807, 2.05) is 0 Å². The van der Waals surface area contributed by atoms with Gasteiger partial charge in [0.1, 0.15) is 0 Å². The van der Waals surface area contributed by atoms with Gasteiger partial charge in [-0.3, -0.25) is 4.79 Å². The van der Waals surface area contributed by atoms with Gasteiger partial charge in [0.15, 0.2) is 6.10 Å². The van der Waals surface area contributed by atoms with Crippen LogP contribution in [0.15, 0.2) is 12.2 Å². The third-order valence-corrected chi connectivity index (χ3v) is 6.51. The number of allylic oxidation sites excluding steroid dienone is 2. The molecule has 0 aromatic rings. The highest BCUT2D eigenvalue weighted by atomic mass is 16.6. The lowest BCUT2D eigenvalue weighted by atomic mass is 10.0. The van der Waals surface area contributed by atoms with Crippen LogP contribution in [0.2, 0.25) is 0 Å². The molecule has 0 amide bonds. The molecule has 0 aromatic heterocycles. The minimum atomic E-state index is -1.01. The van der Waals surface area contributed by atoms with Gasteiger partial charge in [0.25, 0.3) is 0 Å². The number of aliphatic carboxylic acids is 1. The quantitative estimate of drug-likeness (QED) is 0.0760. The van der Waals surface area contributed by atoms with Gasteiger partial charge in [-0.1, -0.05) is 129 Å². The van der Waals surface area contributed by atoms with Crippen LogP contribution in [-0.2, 0) is 14.3 Å². The number of unbranched alkanes of at least 4 members (excludes halogenated alkanes) is 18. The molecule has 0 saturated carbocycles. The molecule has 0 aliphatic carbocycles. The smallest absolute Gasteiger partial charge is 0.345 e. The van der Waals surface area contributed by atoms with Gasteiger partial charge >= 0.3 is 11.9 Å². The fraction of sp³-hybridized carbons (Fsp3) is 0.867. The summed E-state index contributed by atoms with van der Waals surface area (Å²) in [6.45, 7) is 4.46. The van der Waals surface area contributed by atoms with Crippen LogP contribution in [0.25, 0.3) is 0 Å². The lowest BCUT2D eigenvalue weighted by Crippen LogP contribution is -2.27. The molecule has 4 nitrogen and oxygen atoms in total. The van der Waals surface area contributed by atoms with E-state index < -0.39 is 12.1 Å². The first kappa shape index (κ1) is 32.7. The van der Waals surface area contributed by atoms with E-state index in [0.29, 0.717) is 12.8 Å². The zero-order valence-electron chi connectivity index (χ0n) is 22.7. The number of ether oxygens (including phenoxy) is 1. The van der Waals surface area contributed by atoms with E-state index in [1.165, 1.54) is 96.3 Å². The van der Waals surface area contributed by atoms with Gasteiger partial charge in [0.2, 0.25) is 0 Å². The zero-order chi connectivity index (χ0) is 25.1. The molecule has 200 valence electrons. The molecule has 0 radical (unpaired) electrons. The SMILES string of the molecule is CCCC/C=C\CCCCCCCCC(=O)OC(CCCCCCCCCCCCC)C(=O)O. The number of carbonyl (C=O) groups excluding carboxylic acids is 1. The van der Waals surface area contributed by atoms with Gasteiger partial charge in [-0.2, -0.15) is 0 Å². The maximum atomic E-state index is 12.0. The maximum absolute atomic E-state index is 12.0. The predicted molar refractivity (Wildman–Crippen MR) is 144 cm³/mol. The van der Waals surface area contributed by atoms with Crippen molar-refractivity contribution in [1.82, 2.24) is 0 Å². The largest absolute Gasteiger partial charge is 0.479 e. The topological polar surface area (TPSA) is 63.6 Å². The van der Waals surface area contributed by atoms with Crippen LogP contribution in [0.5, 0.6) is 0 Å². The van der Waals surface area contributed by atoms with Gasteiger partial charge in [-0.25, -0.2) is 4.79 Å². The van der Waals surface area contributed by atoms with Crippen molar-refractivity contribution in [3.8, 4) is 0 Å². The lowest BCUT2D eigenvalue weighted by Gasteiger charge is -2.13. The summed E-state index contributed by atoms with van der Waals surface area (Å²) in [6, 6.07) is 0. The Bertz CT molecular complexity index is 486. The number of carboxylic acids is 1. The number of carboxylic acid groups (broad SMARTS) is 1.